The van der Waals surface area contributed by atoms with Crippen LogP contribution in [-0.2, 0) is 9.53 Å². The molecule has 9 heteroatoms. The Kier molecular flexibility index (Phi) is 6.48. The van der Waals surface area contributed by atoms with Crippen molar-refractivity contribution in [2.75, 3.05) is 27.4 Å². The van der Waals surface area contributed by atoms with Crippen molar-refractivity contribution in [1.82, 2.24) is 15.8 Å². The van der Waals surface area contributed by atoms with Gasteiger partial charge in [-0.1, -0.05) is 17.7 Å². The first kappa shape index (κ1) is 22.7. The summed E-state index contributed by atoms with van der Waals surface area (Å²) in [5.74, 6) is 0.233. The molecule has 2 aliphatic heterocycles. The fourth-order valence-electron chi connectivity index (χ4n) is 4.80. The topological polar surface area (TPSA) is 103 Å². The van der Waals surface area contributed by atoms with Gasteiger partial charge in [-0.15, -0.1) is 0 Å². The summed E-state index contributed by atoms with van der Waals surface area (Å²) in [5, 5.41) is 21.3. The molecule has 0 spiro atoms. The molecule has 1 amide bonds. The van der Waals surface area contributed by atoms with Gasteiger partial charge in [-0.25, -0.2) is 10.9 Å². The van der Waals surface area contributed by atoms with Crippen LogP contribution in [0.2, 0.25) is 5.02 Å². The number of carbonyl (C=O) groups excluding carboxylic acids is 1. The molecular formula is C23H28ClN3O5. The summed E-state index contributed by atoms with van der Waals surface area (Å²) in [7, 11) is 3.12. The van der Waals surface area contributed by atoms with Crippen LogP contribution < -0.4 is 15.6 Å². The molecule has 2 heterocycles. The Morgan fingerprint density at radius 1 is 1.09 bits per heavy atom. The van der Waals surface area contributed by atoms with Crippen LogP contribution in [0.3, 0.4) is 0 Å². The maximum absolute atomic E-state index is 13.4. The monoisotopic (exact) mass is 461 g/mol. The zero-order valence-corrected chi connectivity index (χ0v) is 19.0. The van der Waals surface area contributed by atoms with E-state index in [1.165, 1.54) is 7.11 Å². The lowest BCUT2D eigenvalue weighted by molar-refractivity contribution is -0.131. The molecule has 4 unspecified atom stereocenters. The summed E-state index contributed by atoms with van der Waals surface area (Å²) in [4.78, 5) is 15.2. The predicted molar refractivity (Wildman–Crippen MR) is 120 cm³/mol. The highest BCUT2D eigenvalue weighted by Gasteiger charge is 2.55. The number of methoxy groups -OCH3 is 2. The smallest absolute Gasteiger partial charge is 0.242 e. The lowest BCUT2D eigenvalue weighted by atomic mass is 9.83. The minimum atomic E-state index is -0.480. The Balaban J connectivity index is 1.78. The molecule has 32 heavy (non-hydrogen) atoms. The third-order valence-corrected chi connectivity index (χ3v) is 6.76. The van der Waals surface area contributed by atoms with E-state index in [1.807, 2.05) is 11.8 Å². The number of phenolic OH excluding ortho intramolecular Hbond substituents is 2. The number of likely N-dealkylation sites (tertiary alicyclic amines) is 1. The Morgan fingerprint density at radius 2 is 1.84 bits per heavy atom. The standard InChI is InChI=1S/C23H28ClN3O5/c1-12-9-17(29)14(11-15(12)24)20-19-21(26-25-20)23(30)27(7-4-8-31-2)22(19)13-5-6-16(28)18(10-13)32-3/h5-6,9-11,19-22,25-26,28-29H,4,7-8H2,1-3H3. The second-order valence-electron chi connectivity index (χ2n) is 8.24. The third-order valence-electron chi connectivity index (χ3n) is 6.35. The molecule has 8 nitrogen and oxygen atoms in total. The highest BCUT2D eigenvalue weighted by Crippen LogP contribution is 2.50. The van der Waals surface area contributed by atoms with E-state index < -0.39 is 6.04 Å². The summed E-state index contributed by atoms with van der Waals surface area (Å²) in [6.45, 7) is 2.88. The average molecular weight is 462 g/mol. The maximum atomic E-state index is 13.4. The van der Waals surface area contributed by atoms with Gasteiger partial charge in [0.2, 0.25) is 5.91 Å². The lowest BCUT2D eigenvalue weighted by Gasteiger charge is -2.32. The van der Waals surface area contributed by atoms with E-state index in [0.717, 1.165) is 11.1 Å². The zero-order valence-electron chi connectivity index (χ0n) is 18.3. The van der Waals surface area contributed by atoms with Crippen molar-refractivity contribution in [2.45, 2.75) is 31.5 Å². The van der Waals surface area contributed by atoms with Crippen molar-refractivity contribution in [1.29, 1.82) is 0 Å². The number of carbonyl (C=O) groups is 1. The van der Waals surface area contributed by atoms with E-state index in [4.69, 9.17) is 21.1 Å². The second-order valence-corrected chi connectivity index (χ2v) is 8.64. The summed E-state index contributed by atoms with van der Waals surface area (Å²) in [5.41, 5.74) is 8.57. The van der Waals surface area contributed by atoms with E-state index in [2.05, 4.69) is 10.9 Å². The number of aromatic hydroxyl groups is 2. The molecule has 2 aromatic rings. The number of nitrogens with one attached hydrogen (secondary N) is 2. The summed E-state index contributed by atoms with van der Waals surface area (Å²) in [6.07, 6.45) is 0.688. The number of benzene rings is 2. The number of phenols is 2. The van der Waals surface area contributed by atoms with Gasteiger partial charge in [0.05, 0.1) is 19.2 Å². The molecule has 0 bridgehead atoms. The van der Waals surface area contributed by atoms with Gasteiger partial charge < -0.3 is 24.6 Å². The van der Waals surface area contributed by atoms with Crippen LogP contribution in [0.1, 0.15) is 35.2 Å². The quantitative estimate of drug-likeness (QED) is 0.470. The summed E-state index contributed by atoms with van der Waals surface area (Å²) < 4.78 is 10.5. The highest BCUT2D eigenvalue weighted by atomic mass is 35.5. The van der Waals surface area contributed by atoms with Gasteiger partial charge in [-0.05, 0) is 48.7 Å². The Bertz CT molecular complexity index is 1020. The van der Waals surface area contributed by atoms with E-state index >= 15 is 0 Å². The fourth-order valence-corrected chi connectivity index (χ4v) is 4.98. The van der Waals surface area contributed by atoms with E-state index in [0.29, 0.717) is 35.9 Å². The molecule has 4 N–H and O–H groups in total. The van der Waals surface area contributed by atoms with Crippen molar-refractivity contribution in [3.63, 3.8) is 0 Å². The van der Waals surface area contributed by atoms with Gasteiger partial charge in [0, 0.05) is 36.8 Å². The molecule has 2 fully saturated rings. The zero-order chi connectivity index (χ0) is 23.0. The number of hydrogen-bond acceptors (Lipinski definition) is 7. The molecule has 0 radical (unpaired) electrons. The number of nitrogens with zero attached hydrogens (tertiary/aromatic N) is 1. The molecule has 2 aromatic carbocycles. The van der Waals surface area contributed by atoms with Crippen LogP contribution >= 0.6 is 11.6 Å². The van der Waals surface area contributed by atoms with Gasteiger partial charge in [0.25, 0.3) is 0 Å². The first-order valence-electron chi connectivity index (χ1n) is 10.5. The minimum absolute atomic E-state index is 0.0316. The van der Waals surface area contributed by atoms with E-state index in [9.17, 15) is 15.0 Å². The van der Waals surface area contributed by atoms with Crippen LogP contribution in [-0.4, -0.2) is 54.4 Å². The number of hydrogen-bond donors (Lipinski definition) is 4. The number of aryl methyl sites for hydroxylation is 1. The summed E-state index contributed by atoms with van der Waals surface area (Å²) in [6, 6.07) is 7.37. The van der Waals surface area contributed by atoms with Crippen molar-refractivity contribution in [3.8, 4) is 17.2 Å². The van der Waals surface area contributed by atoms with Crippen molar-refractivity contribution in [2.24, 2.45) is 5.92 Å². The fraction of sp³-hybridized carbons (Fsp3) is 0.435. The van der Waals surface area contributed by atoms with Gasteiger partial charge >= 0.3 is 0 Å². The molecule has 0 aliphatic carbocycles. The van der Waals surface area contributed by atoms with Gasteiger partial charge in [0.15, 0.2) is 11.5 Å². The maximum Gasteiger partial charge on any atom is 0.242 e. The molecule has 172 valence electrons. The molecule has 0 aromatic heterocycles. The highest BCUT2D eigenvalue weighted by molar-refractivity contribution is 6.31. The lowest BCUT2D eigenvalue weighted by Crippen LogP contribution is -2.41. The van der Waals surface area contributed by atoms with Crippen molar-refractivity contribution in [3.05, 3.63) is 52.0 Å². The van der Waals surface area contributed by atoms with Crippen LogP contribution in [0.4, 0.5) is 0 Å². The molecular weight excluding hydrogens is 434 g/mol. The summed E-state index contributed by atoms with van der Waals surface area (Å²) >= 11 is 6.36. The number of halogens is 1. The van der Waals surface area contributed by atoms with Crippen molar-refractivity contribution >= 4 is 17.5 Å². The van der Waals surface area contributed by atoms with Crippen LogP contribution in [0.15, 0.2) is 30.3 Å². The normalized spacial score (nSPS) is 24.8. The van der Waals surface area contributed by atoms with E-state index in [1.54, 1.807) is 37.4 Å². The molecule has 0 saturated carbocycles. The van der Waals surface area contributed by atoms with Crippen LogP contribution in [0.5, 0.6) is 17.2 Å². The Hall–Kier alpha value is -2.52. The molecule has 4 atom stereocenters. The number of amides is 1. The average Bonchev–Trinajstić information content (AvgIpc) is 3.31. The molecule has 4 rings (SSSR count). The Morgan fingerprint density at radius 3 is 2.56 bits per heavy atom. The van der Waals surface area contributed by atoms with Gasteiger partial charge in [-0.2, -0.15) is 0 Å². The second kappa shape index (κ2) is 9.15. The Labute approximate surface area is 192 Å². The minimum Gasteiger partial charge on any atom is -0.508 e. The third kappa shape index (κ3) is 3.88. The number of fused-ring (bicyclic) bond motifs is 1. The molecule has 2 aliphatic rings. The van der Waals surface area contributed by atoms with Gasteiger partial charge in [-0.3, -0.25) is 4.79 Å². The predicted octanol–water partition coefficient (Wildman–Crippen LogP) is 2.82. The first-order chi connectivity index (χ1) is 15.4. The van der Waals surface area contributed by atoms with Crippen LogP contribution in [0.25, 0.3) is 0 Å². The number of hydrazine groups is 1. The molecule has 2 saturated heterocycles. The van der Waals surface area contributed by atoms with Crippen molar-refractivity contribution < 1.29 is 24.5 Å². The number of rotatable bonds is 7. The number of ether oxygens (including phenoxy) is 2. The van der Waals surface area contributed by atoms with Crippen LogP contribution in [0, 0.1) is 12.8 Å². The first-order valence-corrected chi connectivity index (χ1v) is 10.9. The largest absolute Gasteiger partial charge is 0.508 e. The van der Waals surface area contributed by atoms with Gasteiger partial charge in [0.1, 0.15) is 11.8 Å². The SMILES string of the molecule is COCCCN1C(=O)C2NNC(c3cc(Cl)c(C)cc3O)C2C1c1ccc(O)c(OC)c1. The van der Waals surface area contributed by atoms with E-state index in [-0.39, 0.29) is 35.4 Å².